The molecule has 0 fully saturated rings. The van der Waals surface area contributed by atoms with Crippen molar-refractivity contribution in [1.29, 1.82) is 0 Å². The third kappa shape index (κ3) is 2.39. The fourth-order valence-corrected chi connectivity index (χ4v) is 2.73. The number of aryl methyl sites for hydroxylation is 1. The molecule has 0 spiro atoms. The van der Waals surface area contributed by atoms with Crippen LogP contribution >= 0.6 is 0 Å². The van der Waals surface area contributed by atoms with Gasteiger partial charge in [-0.1, -0.05) is 39.8 Å². The van der Waals surface area contributed by atoms with E-state index in [-0.39, 0.29) is 23.3 Å². The van der Waals surface area contributed by atoms with Crippen LogP contribution in [0.4, 0.5) is 5.69 Å². The SMILES string of the molecule is CCC1C(=O)Nc2c(C)cc(C(N)C(C)(C)C)cc21. The summed E-state index contributed by atoms with van der Waals surface area (Å²) in [6, 6.07) is 4.20. The van der Waals surface area contributed by atoms with E-state index in [0.717, 1.165) is 28.8 Å². The molecule has 0 saturated carbocycles. The molecular formula is C16H24N2O. The molecule has 1 heterocycles. The third-order valence-electron chi connectivity index (χ3n) is 4.03. The average molecular weight is 260 g/mol. The number of nitrogens with two attached hydrogens (primary N) is 1. The maximum absolute atomic E-state index is 12.0. The van der Waals surface area contributed by atoms with Gasteiger partial charge in [0.05, 0.1) is 5.92 Å². The van der Waals surface area contributed by atoms with Gasteiger partial charge in [0, 0.05) is 11.7 Å². The molecule has 0 bridgehead atoms. The van der Waals surface area contributed by atoms with Gasteiger partial charge in [-0.3, -0.25) is 4.79 Å². The summed E-state index contributed by atoms with van der Waals surface area (Å²) in [4.78, 5) is 12.0. The molecular weight excluding hydrogens is 236 g/mol. The zero-order valence-electron chi connectivity index (χ0n) is 12.5. The molecule has 1 aliphatic rings. The Kier molecular flexibility index (Phi) is 3.43. The van der Waals surface area contributed by atoms with E-state index in [0.29, 0.717) is 0 Å². The molecule has 1 aromatic carbocycles. The van der Waals surface area contributed by atoms with E-state index in [2.05, 4.69) is 38.2 Å². The van der Waals surface area contributed by atoms with Crippen molar-refractivity contribution in [2.24, 2.45) is 11.1 Å². The molecule has 0 saturated heterocycles. The van der Waals surface area contributed by atoms with Crippen LogP contribution in [0, 0.1) is 12.3 Å². The lowest BCUT2D eigenvalue weighted by atomic mass is 9.81. The van der Waals surface area contributed by atoms with E-state index in [1.165, 1.54) is 0 Å². The van der Waals surface area contributed by atoms with Crippen LogP contribution in [0.1, 0.15) is 62.8 Å². The molecule has 3 heteroatoms. The van der Waals surface area contributed by atoms with Crippen molar-refractivity contribution in [3.8, 4) is 0 Å². The van der Waals surface area contributed by atoms with E-state index >= 15 is 0 Å². The van der Waals surface area contributed by atoms with E-state index in [1.54, 1.807) is 0 Å². The van der Waals surface area contributed by atoms with E-state index < -0.39 is 0 Å². The van der Waals surface area contributed by atoms with Gasteiger partial charge in [0.15, 0.2) is 0 Å². The molecule has 104 valence electrons. The van der Waals surface area contributed by atoms with Gasteiger partial charge >= 0.3 is 0 Å². The van der Waals surface area contributed by atoms with Gasteiger partial charge in [-0.15, -0.1) is 0 Å². The molecule has 1 aliphatic heterocycles. The fourth-order valence-electron chi connectivity index (χ4n) is 2.73. The lowest BCUT2D eigenvalue weighted by molar-refractivity contribution is -0.117. The summed E-state index contributed by atoms with van der Waals surface area (Å²) in [6.45, 7) is 10.5. The Morgan fingerprint density at radius 1 is 1.37 bits per heavy atom. The summed E-state index contributed by atoms with van der Waals surface area (Å²) in [5, 5.41) is 2.99. The van der Waals surface area contributed by atoms with Crippen LogP contribution in [0.2, 0.25) is 0 Å². The van der Waals surface area contributed by atoms with Crippen LogP contribution in [0.3, 0.4) is 0 Å². The number of rotatable bonds is 2. The molecule has 0 aliphatic carbocycles. The Labute approximate surface area is 115 Å². The highest BCUT2D eigenvalue weighted by atomic mass is 16.2. The molecule has 1 aromatic rings. The summed E-state index contributed by atoms with van der Waals surface area (Å²) in [7, 11) is 0. The molecule has 2 atom stereocenters. The maximum atomic E-state index is 12.0. The molecule has 1 amide bonds. The van der Waals surface area contributed by atoms with Crippen LogP contribution in [0.5, 0.6) is 0 Å². The lowest BCUT2D eigenvalue weighted by Crippen LogP contribution is -2.26. The van der Waals surface area contributed by atoms with Gasteiger partial charge in [0.1, 0.15) is 0 Å². The first kappa shape index (κ1) is 14.1. The van der Waals surface area contributed by atoms with E-state index in [1.807, 2.05) is 13.8 Å². The first-order valence-electron chi connectivity index (χ1n) is 6.96. The lowest BCUT2D eigenvalue weighted by Gasteiger charge is -2.28. The topological polar surface area (TPSA) is 55.1 Å². The average Bonchev–Trinajstić information content (AvgIpc) is 2.63. The van der Waals surface area contributed by atoms with E-state index in [4.69, 9.17) is 5.73 Å². The van der Waals surface area contributed by atoms with Crippen molar-refractivity contribution >= 4 is 11.6 Å². The van der Waals surface area contributed by atoms with Crippen molar-refractivity contribution in [3.63, 3.8) is 0 Å². The Morgan fingerprint density at radius 3 is 2.53 bits per heavy atom. The minimum absolute atomic E-state index is 0.0123. The minimum atomic E-state index is -0.0270. The number of carbonyl (C=O) groups is 1. The summed E-state index contributed by atoms with van der Waals surface area (Å²) in [5.41, 5.74) is 10.7. The number of anilines is 1. The Hall–Kier alpha value is -1.35. The highest BCUT2D eigenvalue weighted by Gasteiger charge is 2.32. The van der Waals surface area contributed by atoms with Gasteiger partial charge in [0.25, 0.3) is 0 Å². The van der Waals surface area contributed by atoms with Crippen molar-refractivity contribution in [2.45, 2.75) is 53.0 Å². The molecule has 0 aromatic heterocycles. The number of amides is 1. The molecule has 2 rings (SSSR count). The highest BCUT2D eigenvalue weighted by Crippen LogP contribution is 2.40. The van der Waals surface area contributed by atoms with Gasteiger partial charge in [0.2, 0.25) is 5.91 Å². The number of hydrogen-bond acceptors (Lipinski definition) is 2. The molecule has 3 N–H and O–H groups in total. The summed E-state index contributed by atoms with van der Waals surface area (Å²) < 4.78 is 0. The monoisotopic (exact) mass is 260 g/mol. The summed E-state index contributed by atoms with van der Waals surface area (Å²) in [6.07, 6.45) is 0.826. The van der Waals surface area contributed by atoms with Crippen LogP contribution in [0.25, 0.3) is 0 Å². The predicted octanol–water partition coefficient (Wildman–Crippen LogP) is 3.49. The molecule has 2 unspecified atom stereocenters. The molecule has 19 heavy (non-hydrogen) atoms. The Morgan fingerprint density at radius 2 is 2.00 bits per heavy atom. The van der Waals surface area contributed by atoms with Crippen LogP contribution in [0.15, 0.2) is 12.1 Å². The largest absolute Gasteiger partial charge is 0.325 e. The Bertz CT molecular complexity index is 514. The zero-order valence-corrected chi connectivity index (χ0v) is 12.5. The number of benzene rings is 1. The maximum Gasteiger partial charge on any atom is 0.232 e. The summed E-state index contributed by atoms with van der Waals surface area (Å²) in [5.74, 6) is 0.0860. The number of nitrogens with one attached hydrogen (secondary N) is 1. The first-order valence-corrected chi connectivity index (χ1v) is 6.96. The highest BCUT2D eigenvalue weighted by molar-refractivity contribution is 6.03. The van der Waals surface area contributed by atoms with Crippen LogP contribution in [-0.4, -0.2) is 5.91 Å². The van der Waals surface area contributed by atoms with Gasteiger partial charge in [-0.25, -0.2) is 0 Å². The van der Waals surface area contributed by atoms with Crippen molar-refractivity contribution in [2.75, 3.05) is 5.32 Å². The molecule has 3 nitrogen and oxygen atoms in total. The number of hydrogen-bond donors (Lipinski definition) is 2. The van der Waals surface area contributed by atoms with Crippen molar-refractivity contribution < 1.29 is 4.79 Å². The van der Waals surface area contributed by atoms with Crippen molar-refractivity contribution in [1.82, 2.24) is 0 Å². The summed E-state index contributed by atoms with van der Waals surface area (Å²) >= 11 is 0. The van der Waals surface area contributed by atoms with Crippen LogP contribution in [-0.2, 0) is 4.79 Å². The second-order valence-corrected chi connectivity index (χ2v) is 6.60. The second kappa shape index (κ2) is 4.64. The van der Waals surface area contributed by atoms with Gasteiger partial charge in [-0.2, -0.15) is 0 Å². The van der Waals surface area contributed by atoms with Crippen LogP contribution < -0.4 is 11.1 Å². The normalized spacial score (nSPS) is 20.1. The Balaban J connectivity index is 2.50. The second-order valence-electron chi connectivity index (χ2n) is 6.60. The number of fused-ring (bicyclic) bond motifs is 1. The predicted molar refractivity (Wildman–Crippen MR) is 79.2 cm³/mol. The smallest absolute Gasteiger partial charge is 0.232 e. The van der Waals surface area contributed by atoms with Crippen molar-refractivity contribution in [3.05, 3.63) is 28.8 Å². The van der Waals surface area contributed by atoms with E-state index in [9.17, 15) is 4.79 Å². The third-order valence-corrected chi connectivity index (χ3v) is 4.03. The minimum Gasteiger partial charge on any atom is -0.325 e. The standard InChI is InChI=1S/C16H24N2O/c1-6-11-12-8-10(14(17)16(3,4)5)7-9(2)13(12)18-15(11)19/h7-8,11,14H,6,17H2,1-5H3,(H,18,19). The number of carbonyl (C=O) groups excluding carboxylic acids is 1. The molecule has 0 radical (unpaired) electrons. The first-order chi connectivity index (χ1) is 8.75. The fraction of sp³-hybridized carbons (Fsp3) is 0.562. The quantitative estimate of drug-likeness (QED) is 0.855. The zero-order chi connectivity index (χ0) is 14.4. The van der Waals surface area contributed by atoms with Gasteiger partial charge < -0.3 is 11.1 Å². The van der Waals surface area contributed by atoms with Gasteiger partial charge in [-0.05, 0) is 35.4 Å².